The summed E-state index contributed by atoms with van der Waals surface area (Å²) in [5.74, 6) is -2.10. The van der Waals surface area contributed by atoms with Gasteiger partial charge in [-0.15, -0.1) is 0 Å². The van der Waals surface area contributed by atoms with Gasteiger partial charge in [0, 0.05) is 81.9 Å². The molecule has 0 heterocycles. The fourth-order valence-corrected chi connectivity index (χ4v) is 32.1. The Morgan fingerprint density at radius 1 is 0.241 bits per heavy atom. The van der Waals surface area contributed by atoms with E-state index in [2.05, 4.69) is 200 Å². The van der Waals surface area contributed by atoms with E-state index in [4.69, 9.17) is 121 Å². The molecular formula is C111H248O26Si4. The van der Waals surface area contributed by atoms with E-state index >= 15 is 0 Å². The van der Waals surface area contributed by atoms with Crippen LogP contribution in [0.2, 0.25) is 46.3 Å². The number of methoxy groups -OCH3 is 1. The first kappa shape index (κ1) is 158. The van der Waals surface area contributed by atoms with Crippen LogP contribution in [0.1, 0.15) is 482 Å². The average Bonchev–Trinajstić information content (AvgIpc) is 0.763. The molecule has 0 aliphatic heterocycles. The molecule has 0 amide bonds. The second-order valence-electron chi connectivity index (χ2n) is 46.2. The smallest absolute Gasteiger partial charge is 0.343 e. The zero-order valence-corrected chi connectivity index (χ0v) is 110. The molecule has 0 atom stereocenters. The molecule has 26 nitrogen and oxygen atoms in total. The third-order valence-corrected chi connectivity index (χ3v) is 35.7. The number of hydrogen-bond donors (Lipinski definition) is 0. The van der Waals surface area contributed by atoms with Crippen LogP contribution in [-0.2, 0) is 121 Å². The molecule has 0 saturated heterocycles. The standard InChI is InChI=1S/C18H42O3Si2.C12H26O3.C12H28O2Si.C12H24O2.C11H24O3.C11H24O2.C10H22O3.C9H20O3.C8H18O3.C8H20O2Si/c1-13(2)19-22(15(5)6,16(7)8)21-23(17(9)10,18(11)12)20-14(3)4;1-8-12(13-9(2)3,14-10(4)5)15-11(6)7;1-9(2)13-15(11(5)6,12(7)8)14-10(3)4;1-10(2)13-12(14-11(3)4)8-6-5-7-9-12;1-8(2)12-11(7,13-9(3)4)14-10(5)6;1-8(2)12-10(11(5,6)7)13-9(3)4;1-7(2)11-10(12-8(3)4)13-9(5)6;1-6-10-9(11-7(2)3)12-8(4)5;1-6(2)10-8(9-5)11-7(3)4;1-7(2)9-11(5,6)10-8(3)4/h13-18H,1-12H3;9-11H,8H2,1-7H3;9-12H,1-8H3;10-11H,5-9H2,1-4H3;8-10H,1-7H3;8-10H,1-7H3;7-10H,1-6H3;7-9H,6H2,1-5H3;6-8H,1-5H3;7-8H,1-6H3. The second kappa shape index (κ2) is 83.3. The molecule has 0 aromatic rings. The van der Waals surface area contributed by atoms with Crippen LogP contribution in [0.4, 0.5) is 0 Å². The summed E-state index contributed by atoms with van der Waals surface area (Å²) < 4.78 is 149. The summed E-state index contributed by atoms with van der Waals surface area (Å²) in [5.41, 5.74) is 2.59. The zero-order valence-electron chi connectivity index (χ0n) is 106. The maximum absolute atomic E-state index is 7.13. The van der Waals surface area contributed by atoms with E-state index in [1.54, 1.807) is 7.11 Å². The van der Waals surface area contributed by atoms with Gasteiger partial charge in [-0.25, -0.2) is 0 Å². The Bertz CT molecular complexity index is 2530. The summed E-state index contributed by atoms with van der Waals surface area (Å²) in [4.78, 5) is 0. The van der Waals surface area contributed by atoms with Crippen molar-refractivity contribution in [3.63, 3.8) is 0 Å². The molecule has 1 aliphatic carbocycles. The monoisotopic (exact) mass is 2110 g/mol. The molecule has 0 aromatic heterocycles. The predicted octanol–water partition coefficient (Wildman–Crippen LogP) is 32.4. The van der Waals surface area contributed by atoms with E-state index in [0.29, 0.717) is 46.3 Å². The first-order valence-electron chi connectivity index (χ1n) is 55.0. The Kier molecular flexibility index (Phi) is 93.6. The van der Waals surface area contributed by atoms with Gasteiger partial charge in [0.25, 0.3) is 31.4 Å². The van der Waals surface area contributed by atoms with Crippen molar-refractivity contribution < 1.29 is 121 Å². The molecule has 0 N–H and O–H groups in total. The summed E-state index contributed by atoms with van der Waals surface area (Å²) in [7, 11) is -7.15. The Labute approximate surface area is 880 Å². The minimum atomic E-state index is -2.40. The first-order chi connectivity index (χ1) is 63.7. The Balaban J connectivity index is -0.000000198. The molecule has 30 heteroatoms. The van der Waals surface area contributed by atoms with Gasteiger partial charge in [-0.2, -0.15) is 0 Å². The van der Waals surface area contributed by atoms with Crippen LogP contribution in [0.5, 0.6) is 0 Å². The van der Waals surface area contributed by atoms with E-state index in [-0.39, 0.29) is 158 Å². The van der Waals surface area contributed by atoms with Crippen LogP contribution in [-0.4, -0.2) is 232 Å². The van der Waals surface area contributed by atoms with Crippen molar-refractivity contribution in [3.05, 3.63) is 0 Å². The van der Waals surface area contributed by atoms with Crippen molar-refractivity contribution in [2.75, 3.05) is 13.7 Å². The predicted molar refractivity (Wildman–Crippen MR) is 600 cm³/mol. The quantitative estimate of drug-likeness (QED) is 0.0406. The van der Waals surface area contributed by atoms with Crippen molar-refractivity contribution in [1.29, 1.82) is 0 Å². The number of hydrogen-bond acceptors (Lipinski definition) is 26. The maximum Gasteiger partial charge on any atom is 0.343 e. The molecule has 0 radical (unpaired) electrons. The summed E-state index contributed by atoms with van der Waals surface area (Å²) in [6.07, 6.45) is 10.2. The van der Waals surface area contributed by atoms with Crippen molar-refractivity contribution >= 4 is 34.2 Å². The van der Waals surface area contributed by atoms with Gasteiger partial charge in [-0.3, -0.25) is 0 Å². The van der Waals surface area contributed by atoms with Gasteiger partial charge in [0.15, 0.2) is 12.1 Å². The third kappa shape index (κ3) is 90.0. The van der Waals surface area contributed by atoms with E-state index in [0.717, 1.165) is 12.8 Å². The van der Waals surface area contributed by atoms with Crippen LogP contribution >= 0.6 is 0 Å². The Hall–Kier alpha value is -0.172. The van der Waals surface area contributed by atoms with E-state index in [1.165, 1.54) is 19.3 Å². The van der Waals surface area contributed by atoms with Gasteiger partial charge in [-0.05, 0) is 385 Å². The van der Waals surface area contributed by atoms with Crippen molar-refractivity contribution in [1.82, 2.24) is 0 Å². The van der Waals surface area contributed by atoms with Gasteiger partial charge < -0.3 is 121 Å². The zero-order chi connectivity index (χ0) is 113. The van der Waals surface area contributed by atoms with Gasteiger partial charge in [0.05, 0.1) is 104 Å². The second-order valence-corrected chi connectivity index (χ2v) is 62.5. The maximum atomic E-state index is 7.13. The summed E-state index contributed by atoms with van der Waals surface area (Å²) >= 11 is 0. The van der Waals surface area contributed by atoms with Gasteiger partial charge in [0.1, 0.15) is 0 Å². The minimum absolute atomic E-state index is 0.0362. The fraction of sp³-hybridized carbons (Fsp3) is 1.00. The lowest BCUT2D eigenvalue weighted by atomic mass is 9.93. The van der Waals surface area contributed by atoms with Gasteiger partial charge in [0.2, 0.25) is 0 Å². The minimum Gasteiger partial charge on any atom is -0.414 e. The molecule has 0 unspecified atom stereocenters. The number of ether oxygens (including phenoxy) is 19. The highest BCUT2D eigenvalue weighted by molar-refractivity contribution is 6.84. The van der Waals surface area contributed by atoms with E-state index in [1.807, 2.05) is 256 Å². The normalized spacial score (nSPS) is 14.0. The highest BCUT2D eigenvalue weighted by Gasteiger charge is 2.57. The van der Waals surface area contributed by atoms with Gasteiger partial charge >= 0.3 is 34.2 Å². The Morgan fingerprint density at radius 3 is 0.638 bits per heavy atom. The average molecular weight is 2110 g/mol. The molecule has 141 heavy (non-hydrogen) atoms. The SMILES string of the molecule is CC(C)OC(C)(OC(C)C)OC(C)C.CC(C)OC(OC(C)C)C(C)(C)C.CC(C)OC(OC(C)C)OC(C)C.CC(C)OC1(OC(C)C)CCCCC1.CC(C)O[Si](C)(C)OC(C)C.CC(C)O[Si](OC(C)C)(C(C)C)C(C)C.CC(C)O[Si](O[Si](OC(C)C)(C(C)C)C(C)C)(C(C)C)C(C)C.CCC(OC(C)C)(OC(C)C)OC(C)C.CCOC(OC(C)C)OC(C)C.COC(OC(C)C)OC(C)C. The molecule has 0 spiro atoms. The molecular weight excluding hydrogens is 1860 g/mol. The summed E-state index contributed by atoms with van der Waals surface area (Å²) in [6, 6.07) is 0. The van der Waals surface area contributed by atoms with E-state index < -0.39 is 65.6 Å². The van der Waals surface area contributed by atoms with E-state index in [9.17, 15) is 0 Å². The van der Waals surface area contributed by atoms with Crippen molar-refractivity contribution in [3.8, 4) is 0 Å². The van der Waals surface area contributed by atoms with Crippen LogP contribution in [0.3, 0.4) is 0 Å². The molecule has 0 aromatic carbocycles. The van der Waals surface area contributed by atoms with Crippen molar-refractivity contribution in [2.24, 2.45) is 5.41 Å². The van der Waals surface area contributed by atoms with Crippen LogP contribution in [0.25, 0.3) is 0 Å². The molecule has 0 bridgehead atoms. The lowest BCUT2D eigenvalue weighted by Gasteiger charge is -2.49. The topological polar surface area (TPSA) is 240 Å². The largest absolute Gasteiger partial charge is 0.414 e. The fourth-order valence-electron chi connectivity index (χ4n) is 14.5. The lowest BCUT2D eigenvalue weighted by molar-refractivity contribution is -0.410. The van der Waals surface area contributed by atoms with Crippen LogP contribution in [0.15, 0.2) is 0 Å². The highest BCUT2D eigenvalue weighted by Crippen LogP contribution is 2.46. The van der Waals surface area contributed by atoms with Crippen LogP contribution < -0.4 is 0 Å². The molecule has 864 valence electrons. The Morgan fingerprint density at radius 2 is 0.461 bits per heavy atom. The molecule has 1 rings (SSSR count). The molecule has 1 aliphatic rings. The molecule has 1 saturated carbocycles. The first-order valence-corrected chi connectivity index (χ1v) is 63.7. The summed E-state index contributed by atoms with van der Waals surface area (Å²) in [6.45, 7) is 135. The van der Waals surface area contributed by atoms with Crippen LogP contribution in [0, 0.1) is 5.41 Å². The molecule has 1 fully saturated rings. The van der Waals surface area contributed by atoms with Crippen molar-refractivity contribution in [2.45, 2.75) is 712 Å². The number of rotatable bonds is 58. The summed E-state index contributed by atoms with van der Waals surface area (Å²) in [5, 5.41) is 0. The highest BCUT2D eigenvalue weighted by atomic mass is 28.5. The lowest BCUT2D eigenvalue weighted by Crippen LogP contribution is -2.62. The third-order valence-electron chi connectivity index (χ3n) is 18.1. The van der Waals surface area contributed by atoms with Gasteiger partial charge in [-0.1, -0.05) is 117 Å².